The summed E-state index contributed by atoms with van der Waals surface area (Å²) in [7, 11) is 3.23. The molecule has 138 valence electrons. The van der Waals surface area contributed by atoms with Gasteiger partial charge in [-0.15, -0.1) is 0 Å². The molecule has 1 aromatic heterocycles. The van der Waals surface area contributed by atoms with E-state index in [2.05, 4.69) is 10.4 Å². The van der Waals surface area contributed by atoms with Gasteiger partial charge >= 0.3 is 0 Å². The van der Waals surface area contributed by atoms with Crippen molar-refractivity contribution < 1.29 is 14.0 Å². The van der Waals surface area contributed by atoms with Crippen molar-refractivity contribution >= 4 is 11.8 Å². The first-order valence-corrected chi connectivity index (χ1v) is 8.35. The van der Waals surface area contributed by atoms with Crippen LogP contribution in [0.2, 0.25) is 0 Å². The molecular weight excluding hydrogens is 347 g/mol. The van der Waals surface area contributed by atoms with Gasteiger partial charge in [-0.1, -0.05) is 18.2 Å². The summed E-state index contributed by atoms with van der Waals surface area (Å²) >= 11 is 0. The molecule has 1 heterocycles. The van der Waals surface area contributed by atoms with E-state index in [0.29, 0.717) is 16.8 Å². The maximum atomic E-state index is 13.3. The van der Waals surface area contributed by atoms with Crippen LogP contribution in [0.1, 0.15) is 10.4 Å². The monoisotopic (exact) mass is 366 g/mol. The van der Waals surface area contributed by atoms with Gasteiger partial charge in [0.15, 0.2) is 0 Å². The fraction of sp³-hybridized carbons (Fsp3) is 0.150. The Bertz CT molecular complexity index is 950. The minimum atomic E-state index is -0.424. The Hall–Kier alpha value is -3.48. The summed E-state index contributed by atoms with van der Waals surface area (Å²) in [6, 6.07) is 15.1. The maximum Gasteiger partial charge on any atom is 0.255 e. The molecule has 0 aliphatic carbocycles. The number of carbonyl (C=O) groups is 2. The van der Waals surface area contributed by atoms with E-state index in [-0.39, 0.29) is 18.3 Å². The third-order valence-corrected chi connectivity index (χ3v) is 4.00. The Balaban J connectivity index is 1.97. The van der Waals surface area contributed by atoms with E-state index >= 15 is 0 Å². The highest BCUT2D eigenvalue weighted by Gasteiger charge is 2.19. The number of halogens is 1. The van der Waals surface area contributed by atoms with Gasteiger partial charge in [0.1, 0.15) is 11.5 Å². The van der Waals surface area contributed by atoms with Gasteiger partial charge in [-0.05, 0) is 36.4 Å². The van der Waals surface area contributed by atoms with Crippen molar-refractivity contribution in [2.24, 2.45) is 0 Å². The number of rotatable bonds is 5. The second-order valence-corrected chi connectivity index (χ2v) is 6.15. The number of para-hydroxylation sites is 1. The summed E-state index contributed by atoms with van der Waals surface area (Å²) in [6.07, 6.45) is 1.60. The minimum Gasteiger partial charge on any atom is -0.347 e. The molecule has 2 aromatic carbocycles. The number of hydrogen-bond acceptors (Lipinski definition) is 3. The average Bonchev–Trinajstić information content (AvgIpc) is 3.12. The lowest BCUT2D eigenvalue weighted by atomic mass is 10.1. The number of nitrogens with zero attached hydrogens (tertiary/aromatic N) is 3. The van der Waals surface area contributed by atoms with Crippen LogP contribution in [0.5, 0.6) is 0 Å². The van der Waals surface area contributed by atoms with Gasteiger partial charge in [-0.3, -0.25) is 9.59 Å². The van der Waals surface area contributed by atoms with E-state index in [1.165, 1.54) is 17.0 Å². The molecule has 0 aliphatic rings. The highest BCUT2D eigenvalue weighted by atomic mass is 19.1. The topological polar surface area (TPSA) is 67.2 Å². The second kappa shape index (κ2) is 7.82. The zero-order valence-electron chi connectivity index (χ0n) is 15.0. The second-order valence-electron chi connectivity index (χ2n) is 6.15. The van der Waals surface area contributed by atoms with Crippen LogP contribution < -0.4 is 5.32 Å². The van der Waals surface area contributed by atoms with Gasteiger partial charge in [0.2, 0.25) is 5.91 Å². The lowest BCUT2D eigenvalue weighted by Crippen LogP contribution is -2.36. The minimum absolute atomic E-state index is 0.120. The van der Waals surface area contributed by atoms with E-state index in [1.807, 2.05) is 30.3 Å². The molecule has 0 radical (unpaired) electrons. The molecule has 0 unspecified atom stereocenters. The summed E-state index contributed by atoms with van der Waals surface area (Å²) in [5, 5.41) is 7.11. The van der Waals surface area contributed by atoms with Gasteiger partial charge in [-0.2, -0.15) is 5.10 Å². The Labute approximate surface area is 156 Å². The van der Waals surface area contributed by atoms with Gasteiger partial charge in [0.25, 0.3) is 5.91 Å². The summed E-state index contributed by atoms with van der Waals surface area (Å²) in [5.41, 5.74) is 2.10. The van der Waals surface area contributed by atoms with Crippen molar-refractivity contribution in [3.63, 3.8) is 0 Å². The highest BCUT2D eigenvalue weighted by Crippen LogP contribution is 2.24. The Kier molecular flexibility index (Phi) is 5.30. The molecular formula is C20H19FN4O2. The van der Waals surface area contributed by atoms with Crippen molar-refractivity contribution in [2.75, 3.05) is 20.6 Å². The quantitative estimate of drug-likeness (QED) is 0.754. The molecule has 0 spiro atoms. The van der Waals surface area contributed by atoms with Crippen molar-refractivity contribution in [1.29, 1.82) is 0 Å². The van der Waals surface area contributed by atoms with E-state index in [4.69, 9.17) is 0 Å². The fourth-order valence-electron chi connectivity index (χ4n) is 2.48. The molecule has 1 N–H and O–H groups in total. The smallest absolute Gasteiger partial charge is 0.255 e. The number of benzene rings is 2. The average molecular weight is 366 g/mol. The lowest BCUT2D eigenvalue weighted by molar-refractivity contribution is -0.127. The standard InChI is InChI=1S/C20H19FN4O2/c1-24(2)18(26)12-22-20(27)17-13-25(16-6-4-3-5-7-16)23-19(17)14-8-10-15(21)11-9-14/h3-11,13H,12H2,1-2H3,(H,22,27). The summed E-state index contributed by atoms with van der Waals surface area (Å²) in [4.78, 5) is 25.8. The van der Waals surface area contributed by atoms with Gasteiger partial charge in [0.05, 0.1) is 17.8 Å². The van der Waals surface area contributed by atoms with Crippen LogP contribution in [0.15, 0.2) is 60.8 Å². The van der Waals surface area contributed by atoms with Gasteiger partial charge in [-0.25, -0.2) is 9.07 Å². The third-order valence-electron chi connectivity index (χ3n) is 4.00. The number of hydrogen-bond donors (Lipinski definition) is 1. The van der Waals surface area contributed by atoms with Gasteiger partial charge < -0.3 is 10.2 Å². The number of aromatic nitrogens is 2. The maximum absolute atomic E-state index is 13.3. The van der Waals surface area contributed by atoms with Crippen molar-refractivity contribution in [2.45, 2.75) is 0 Å². The number of nitrogens with one attached hydrogen (secondary N) is 1. The Morgan fingerprint density at radius 3 is 2.37 bits per heavy atom. The van der Waals surface area contributed by atoms with Crippen LogP contribution in [-0.2, 0) is 4.79 Å². The van der Waals surface area contributed by atoms with E-state index in [1.54, 1.807) is 37.1 Å². The van der Waals surface area contributed by atoms with Crippen LogP contribution in [-0.4, -0.2) is 47.1 Å². The molecule has 0 aliphatic heterocycles. The molecule has 7 heteroatoms. The molecule has 27 heavy (non-hydrogen) atoms. The molecule has 0 atom stereocenters. The third kappa shape index (κ3) is 4.20. The summed E-state index contributed by atoms with van der Waals surface area (Å²) < 4.78 is 14.9. The predicted molar refractivity (Wildman–Crippen MR) is 100.0 cm³/mol. The molecule has 0 saturated heterocycles. The SMILES string of the molecule is CN(C)C(=O)CNC(=O)c1cn(-c2ccccc2)nc1-c1ccc(F)cc1. The Morgan fingerprint density at radius 1 is 1.07 bits per heavy atom. The molecule has 2 amide bonds. The van der Waals surface area contributed by atoms with Crippen LogP contribution in [0.4, 0.5) is 4.39 Å². The lowest BCUT2D eigenvalue weighted by Gasteiger charge is -2.10. The molecule has 6 nitrogen and oxygen atoms in total. The molecule has 3 rings (SSSR count). The molecule has 0 fully saturated rings. The molecule has 0 bridgehead atoms. The van der Waals surface area contributed by atoms with Crippen molar-refractivity contribution in [3.05, 3.63) is 72.2 Å². The summed E-state index contributed by atoms with van der Waals surface area (Å²) in [5.74, 6) is -1.02. The normalized spacial score (nSPS) is 10.5. The van der Waals surface area contributed by atoms with Crippen LogP contribution in [0.3, 0.4) is 0 Å². The fourth-order valence-corrected chi connectivity index (χ4v) is 2.48. The number of amides is 2. The highest BCUT2D eigenvalue weighted by molar-refractivity contribution is 6.01. The van der Waals surface area contributed by atoms with E-state index < -0.39 is 5.91 Å². The van der Waals surface area contributed by atoms with Crippen molar-refractivity contribution in [1.82, 2.24) is 20.0 Å². The van der Waals surface area contributed by atoms with Gasteiger partial charge in [0, 0.05) is 25.9 Å². The van der Waals surface area contributed by atoms with Crippen LogP contribution in [0, 0.1) is 5.82 Å². The first-order chi connectivity index (χ1) is 13.0. The zero-order chi connectivity index (χ0) is 19.4. The largest absolute Gasteiger partial charge is 0.347 e. The zero-order valence-corrected chi connectivity index (χ0v) is 15.0. The predicted octanol–water partition coefficient (Wildman–Crippen LogP) is 2.50. The van der Waals surface area contributed by atoms with Crippen LogP contribution in [0.25, 0.3) is 16.9 Å². The van der Waals surface area contributed by atoms with E-state index in [0.717, 1.165) is 5.69 Å². The molecule has 3 aromatic rings. The first-order valence-electron chi connectivity index (χ1n) is 8.35. The summed E-state index contributed by atoms with van der Waals surface area (Å²) in [6.45, 7) is -0.120. The number of carbonyl (C=O) groups excluding carboxylic acids is 2. The van der Waals surface area contributed by atoms with E-state index in [9.17, 15) is 14.0 Å². The molecule has 0 saturated carbocycles. The van der Waals surface area contributed by atoms with Crippen LogP contribution >= 0.6 is 0 Å². The first kappa shape index (κ1) is 18.3. The van der Waals surface area contributed by atoms with Crippen molar-refractivity contribution in [3.8, 4) is 16.9 Å². The number of likely N-dealkylation sites (N-methyl/N-ethyl adjacent to an activating group) is 1. The Morgan fingerprint density at radius 2 is 1.74 bits per heavy atom.